The van der Waals surface area contributed by atoms with Crippen molar-refractivity contribution in [2.75, 3.05) is 51.8 Å². The predicted molar refractivity (Wildman–Crippen MR) is 241 cm³/mol. The van der Waals surface area contributed by atoms with Gasteiger partial charge in [-0.1, -0.05) is 16.8 Å². The molecule has 15 nitrogen and oxygen atoms in total. The van der Waals surface area contributed by atoms with Gasteiger partial charge in [0.05, 0.1) is 53.1 Å². The number of carbonyl (C=O) groups excluding carboxylic acids is 5. The van der Waals surface area contributed by atoms with E-state index >= 15 is 0 Å². The lowest BCUT2D eigenvalue weighted by Crippen LogP contribution is -2.63. The quantitative estimate of drug-likeness (QED) is 0.0307. The molecule has 1 aromatic heterocycles. The molecule has 0 saturated carbocycles. The topological polar surface area (TPSA) is 172 Å². The van der Waals surface area contributed by atoms with Crippen molar-refractivity contribution in [1.29, 1.82) is 0 Å². The fourth-order valence-electron chi connectivity index (χ4n) is 6.73. The Bertz CT molecular complexity index is 2140. The van der Waals surface area contributed by atoms with Gasteiger partial charge in [-0.3, -0.25) is 19.3 Å². The van der Waals surface area contributed by atoms with Crippen molar-refractivity contribution in [2.24, 2.45) is 11.1 Å². The zero-order chi connectivity index (χ0) is 45.0. The first-order chi connectivity index (χ1) is 28.6. The minimum Gasteiger partial charge on any atom is -0.539 e. The zero-order valence-corrected chi connectivity index (χ0v) is 39.4. The molecule has 0 bridgehead atoms. The second-order valence-corrected chi connectivity index (χ2v) is 21.2. The highest BCUT2D eigenvalue weighted by Crippen LogP contribution is 2.48. The van der Waals surface area contributed by atoms with Crippen LogP contribution in [0.15, 0.2) is 46.1 Å². The van der Waals surface area contributed by atoms with Crippen molar-refractivity contribution in [3.63, 3.8) is 0 Å². The van der Waals surface area contributed by atoms with Gasteiger partial charge >= 0.3 is 20.0 Å². The number of benzene rings is 1. The van der Waals surface area contributed by atoms with Gasteiger partial charge in [0.15, 0.2) is 38.1 Å². The first-order valence-electron chi connectivity index (χ1n) is 19.0. The van der Waals surface area contributed by atoms with E-state index in [0.717, 1.165) is 0 Å². The largest absolute Gasteiger partial charge is 0.539 e. The third-order valence-corrected chi connectivity index (χ3v) is 13.1. The average Bonchev–Trinajstić information content (AvgIpc) is 3.82. The summed E-state index contributed by atoms with van der Waals surface area (Å²) in [5.41, 5.74) is -1.42. The summed E-state index contributed by atoms with van der Waals surface area (Å²) in [6.07, 6.45) is 3.78. The van der Waals surface area contributed by atoms with Crippen LogP contribution in [0.3, 0.4) is 0 Å². The molecule has 6 radical (unpaired) electrons. The SMILES string of the molecule is [B]OC(=O)C1=C(C[N+]2(CCNC(=O)c3ccc(OP([B])C)c(OP([B])C)c3Cl)CC=CC2)CS[C@@H]2[C@H](CC(=O)/C(=N\OC(C)(C)C(=O)OC(C)(C)C)c3csc(C)n3)C(=O)N12. The number of fused-ring (bicyclic) bond motifs is 1. The highest BCUT2D eigenvalue weighted by Gasteiger charge is 2.55. The molecule has 2 aromatic rings. The Balaban J connectivity index is 1.31. The summed E-state index contributed by atoms with van der Waals surface area (Å²) in [4.78, 5) is 78.9. The molecule has 2 unspecified atom stereocenters. The van der Waals surface area contributed by atoms with Gasteiger partial charge in [-0.15, -0.1) is 23.1 Å². The number of β-lactam (4-membered cyclic amide) rings is 1. The smallest absolute Gasteiger partial charge is 0.378 e. The first kappa shape index (κ1) is 48.6. The van der Waals surface area contributed by atoms with E-state index in [2.05, 4.69) is 15.5 Å². The lowest BCUT2D eigenvalue weighted by atomic mass is 9.89. The summed E-state index contributed by atoms with van der Waals surface area (Å²) in [5.74, 6) is -3.06. The van der Waals surface area contributed by atoms with Crippen molar-refractivity contribution in [3.05, 3.63) is 62.2 Å². The van der Waals surface area contributed by atoms with Crippen LogP contribution in [0.5, 0.6) is 11.5 Å². The molecule has 61 heavy (non-hydrogen) atoms. The van der Waals surface area contributed by atoms with Crippen LogP contribution in [-0.2, 0) is 33.4 Å². The number of ether oxygens (including phenoxy) is 1. The van der Waals surface area contributed by atoms with Gasteiger partial charge < -0.3 is 33.1 Å². The van der Waals surface area contributed by atoms with E-state index in [4.69, 9.17) is 58.1 Å². The molecular formula is C38H46B3ClN5O10P2S2+. The normalized spacial score (nSPS) is 19.7. The monoisotopic (exact) mass is 926 g/mol. The number of halogens is 1. The van der Waals surface area contributed by atoms with E-state index in [1.54, 1.807) is 52.5 Å². The van der Waals surface area contributed by atoms with E-state index in [1.165, 1.54) is 47.9 Å². The summed E-state index contributed by atoms with van der Waals surface area (Å²) in [7, 11) is 14.5. The number of quaternary nitrogens is 1. The summed E-state index contributed by atoms with van der Waals surface area (Å²) in [6, 6.07) is 3.09. The molecule has 5 rings (SSSR count). The maximum absolute atomic E-state index is 13.9. The molecule has 3 aliphatic heterocycles. The van der Waals surface area contributed by atoms with Crippen LogP contribution in [0.4, 0.5) is 0 Å². The molecule has 1 fully saturated rings. The first-order valence-corrected chi connectivity index (χ1v) is 24.9. The van der Waals surface area contributed by atoms with Gasteiger partial charge in [0.1, 0.15) is 23.5 Å². The molecule has 1 N–H and O–H groups in total. The number of aromatic nitrogens is 1. The van der Waals surface area contributed by atoms with Crippen molar-refractivity contribution < 1.29 is 51.7 Å². The fourth-order valence-corrected chi connectivity index (χ4v) is 9.99. The van der Waals surface area contributed by atoms with Gasteiger partial charge in [-0.05, 0) is 79.2 Å². The number of nitrogens with zero attached hydrogens (tertiary/aromatic N) is 4. The van der Waals surface area contributed by atoms with E-state index in [-0.39, 0.29) is 52.2 Å². The average molecular weight is 927 g/mol. The number of oxime groups is 1. The standard InChI is InChI=1S/C38H45B3ClN5O10P2S2/c1-21-44-25(20-60-21)29(45-57-38(5,6)36(52)53-37(2,3)4)26(48)17-24-33(50)46-30(35(51)54-39)22(19-61-34(24)46)18-47(14-9-10-15-47)16-13-43-32(49)23-11-12-27(55-58(7)40)31(28(23)42)56-59(8)41/h9-12,20,24,34H,13-19H2,1-8H3/p+1/b45-29-/t24-,34-,58?,59?/m1/s1. The van der Waals surface area contributed by atoms with Gasteiger partial charge in [0.25, 0.3) is 5.91 Å². The minimum absolute atomic E-state index is 0.0329. The molecule has 0 aliphatic carbocycles. The molecule has 320 valence electrons. The van der Waals surface area contributed by atoms with Crippen LogP contribution < -0.4 is 14.4 Å². The minimum atomic E-state index is -1.55. The molecule has 4 atom stereocenters. The van der Waals surface area contributed by atoms with Crippen molar-refractivity contribution >= 4 is 109 Å². The number of hydrogen-bond acceptors (Lipinski definition) is 14. The number of esters is 1. The van der Waals surface area contributed by atoms with E-state index in [9.17, 15) is 24.0 Å². The van der Waals surface area contributed by atoms with Gasteiger partial charge in [-0.2, -0.15) is 0 Å². The van der Waals surface area contributed by atoms with Gasteiger partial charge in [0.2, 0.25) is 11.5 Å². The maximum Gasteiger partial charge on any atom is 0.378 e. The summed E-state index contributed by atoms with van der Waals surface area (Å²) < 4.78 is 22.0. The van der Waals surface area contributed by atoms with Crippen LogP contribution in [0.25, 0.3) is 0 Å². The fraction of sp³-hybridized carbons (Fsp3) is 0.500. The molecule has 1 aromatic carbocycles. The highest BCUT2D eigenvalue weighted by atomic mass is 35.5. The number of aryl methyl sites for hydroxylation is 1. The summed E-state index contributed by atoms with van der Waals surface area (Å²) in [5, 5.41) is 8.82. The van der Waals surface area contributed by atoms with E-state index in [0.29, 0.717) is 47.0 Å². The highest BCUT2D eigenvalue weighted by molar-refractivity contribution is 8.00. The number of amides is 2. The lowest BCUT2D eigenvalue weighted by Gasteiger charge is -2.50. The van der Waals surface area contributed by atoms with Crippen LogP contribution >= 0.6 is 50.8 Å². The van der Waals surface area contributed by atoms with Gasteiger partial charge in [-0.25, -0.2) is 14.6 Å². The number of Topliss-reactive ketones (excluding diaryl/α,β-unsaturated/α-hetero) is 1. The maximum atomic E-state index is 13.9. The Hall–Kier alpha value is -3.40. The summed E-state index contributed by atoms with van der Waals surface area (Å²) >= 11 is 9.35. The third-order valence-electron chi connectivity index (χ3n) is 9.58. The molecule has 3 aliphatic rings. The number of carbonyl (C=O) groups is 5. The number of thioether (sulfide) groups is 1. The molecule has 0 spiro atoms. The van der Waals surface area contributed by atoms with Crippen LogP contribution in [-0.4, -0.2) is 141 Å². The van der Waals surface area contributed by atoms with E-state index in [1.807, 2.05) is 12.2 Å². The van der Waals surface area contributed by atoms with Crippen molar-refractivity contribution in [3.8, 4) is 11.5 Å². The Labute approximate surface area is 375 Å². The molecule has 23 heteroatoms. The molecular weight excluding hydrogens is 880 g/mol. The predicted octanol–water partition coefficient (Wildman–Crippen LogP) is 5.11. The Morgan fingerprint density at radius 1 is 1.08 bits per heavy atom. The zero-order valence-electron chi connectivity index (χ0n) is 35.2. The number of ketones is 1. The van der Waals surface area contributed by atoms with Gasteiger partial charge in [0, 0.05) is 39.2 Å². The van der Waals surface area contributed by atoms with Crippen molar-refractivity contribution in [2.45, 2.75) is 64.5 Å². The number of nitrogens with one attached hydrogen (secondary N) is 1. The van der Waals surface area contributed by atoms with Crippen LogP contribution in [0.1, 0.15) is 62.1 Å². The van der Waals surface area contributed by atoms with Crippen LogP contribution in [0, 0.1) is 12.8 Å². The van der Waals surface area contributed by atoms with Crippen molar-refractivity contribution in [1.82, 2.24) is 15.2 Å². The number of rotatable bonds is 18. The number of thiazole rings is 1. The second kappa shape index (κ2) is 20.0. The van der Waals surface area contributed by atoms with Crippen LogP contribution in [0.2, 0.25) is 5.02 Å². The van der Waals surface area contributed by atoms with E-state index < -0.39 is 68.1 Å². The Morgan fingerprint density at radius 2 is 1.75 bits per heavy atom. The second-order valence-electron chi connectivity index (χ2n) is 16.1. The molecule has 2 amide bonds. The Kier molecular flexibility index (Phi) is 15.9. The lowest BCUT2D eigenvalue weighted by molar-refractivity contribution is -0.907. The molecule has 1 saturated heterocycles. The third kappa shape index (κ3) is 11.8. The molecule has 4 heterocycles. The number of hydrogen-bond donors (Lipinski definition) is 1. The summed E-state index contributed by atoms with van der Waals surface area (Å²) in [6.45, 7) is 15.5. The Morgan fingerprint density at radius 3 is 2.34 bits per heavy atom.